The van der Waals surface area contributed by atoms with Gasteiger partial charge in [-0.25, -0.2) is 4.85 Å². The van der Waals surface area contributed by atoms with Gasteiger partial charge in [0.1, 0.15) is 17.9 Å². The van der Waals surface area contributed by atoms with E-state index in [-0.39, 0.29) is 24.9 Å². The minimum absolute atomic E-state index is 0.103. The number of hydrogen-bond acceptors (Lipinski definition) is 9. The molecule has 0 spiro atoms. The second kappa shape index (κ2) is 15.1. The number of carbonyl (C=O) groups excluding carboxylic acids is 4. The van der Waals surface area contributed by atoms with Crippen LogP contribution in [-0.2, 0) is 9.59 Å². The molecular formula is C43H46ClN7O5. The maximum absolute atomic E-state index is 13.6. The molecule has 0 saturated carbocycles. The molecule has 12 nitrogen and oxygen atoms in total. The second-order valence-electron chi connectivity index (χ2n) is 16.1. The largest absolute Gasteiger partial charge is 0.490 e. The van der Waals surface area contributed by atoms with Crippen LogP contribution in [0.15, 0.2) is 60.7 Å². The van der Waals surface area contributed by atoms with Gasteiger partial charge < -0.3 is 19.4 Å². The number of hydrogen-bond donors (Lipinski definition) is 1. The van der Waals surface area contributed by atoms with Crippen molar-refractivity contribution in [2.24, 2.45) is 5.92 Å². The van der Waals surface area contributed by atoms with Crippen LogP contribution in [0.3, 0.4) is 0 Å². The van der Waals surface area contributed by atoms with E-state index >= 15 is 0 Å². The van der Waals surface area contributed by atoms with E-state index in [1.807, 2.05) is 18.2 Å². The number of carbonyl (C=O) groups is 4. The summed E-state index contributed by atoms with van der Waals surface area (Å²) in [7, 11) is 0. The van der Waals surface area contributed by atoms with Gasteiger partial charge in [-0.15, -0.1) is 0 Å². The summed E-state index contributed by atoms with van der Waals surface area (Å²) in [5, 5.41) is 2.71. The summed E-state index contributed by atoms with van der Waals surface area (Å²) in [5.41, 5.74) is 4.47. The highest BCUT2D eigenvalue weighted by Gasteiger charge is 2.46. The fraction of sp³-hybridized carbons (Fsp3) is 0.465. The SMILES string of the molecule is [C-]#[N+]c1ccc(OC2CC3CCC(C2)N3c2ccc(N3CCN(CC4CCN(c5cccc6c5C(=O)N(C5CCC(=O)NC5=O)C6=O)CC4)CC3)cc2)cc1Cl. The van der Waals surface area contributed by atoms with E-state index in [0.29, 0.717) is 39.8 Å². The summed E-state index contributed by atoms with van der Waals surface area (Å²) in [6.45, 7) is 13.9. The van der Waals surface area contributed by atoms with Gasteiger partial charge in [0.15, 0.2) is 0 Å². The van der Waals surface area contributed by atoms with Gasteiger partial charge in [-0.3, -0.25) is 34.3 Å². The molecule has 6 aliphatic rings. The molecule has 0 radical (unpaired) electrons. The molecule has 13 heteroatoms. The van der Waals surface area contributed by atoms with Crippen molar-refractivity contribution in [3.63, 3.8) is 0 Å². The van der Waals surface area contributed by atoms with Gasteiger partial charge in [-0.2, -0.15) is 0 Å². The molecule has 9 rings (SSSR count). The van der Waals surface area contributed by atoms with Gasteiger partial charge in [0, 0.05) is 88.5 Å². The van der Waals surface area contributed by atoms with Crippen LogP contribution >= 0.6 is 11.6 Å². The van der Waals surface area contributed by atoms with Crippen LogP contribution in [-0.4, -0.2) is 103 Å². The number of benzene rings is 3. The first-order valence-corrected chi connectivity index (χ1v) is 20.4. The maximum Gasteiger partial charge on any atom is 0.264 e. The number of piperazine rings is 1. The lowest BCUT2D eigenvalue weighted by Crippen LogP contribution is -2.54. The highest BCUT2D eigenvalue weighted by molar-refractivity contribution is 6.33. The van der Waals surface area contributed by atoms with Crippen LogP contribution in [0.2, 0.25) is 5.02 Å². The van der Waals surface area contributed by atoms with Crippen LogP contribution in [0.1, 0.15) is 72.1 Å². The molecule has 2 bridgehead atoms. The van der Waals surface area contributed by atoms with E-state index in [4.69, 9.17) is 22.9 Å². The summed E-state index contributed by atoms with van der Waals surface area (Å²) < 4.78 is 6.36. The van der Waals surface area contributed by atoms with Gasteiger partial charge in [0.05, 0.1) is 28.4 Å². The van der Waals surface area contributed by atoms with Crippen molar-refractivity contribution >= 4 is 58.0 Å². The highest BCUT2D eigenvalue weighted by Crippen LogP contribution is 2.42. The number of nitrogens with zero attached hydrogens (tertiary/aromatic N) is 6. The number of ether oxygens (including phenoxy) is 1. The Balaban J connectivity index is 0.749. The third kappa shape index (κ3) is 6.85. The van der Waals surface area contributed by atoms with Crippen LogP contribution in [0.4, 0.5) is 22.7 Å². The van der Waals surface area contributed by atoms with E-state index in [2.05, 4.69) is 54.0 Å². The van der Waals surface area contributed by atoms with Crippen molar-refractivity contribution in [2.75, 3.05) is 60.5 Å². The van der Waals surface area contributed by atoms with Gasteiger partial charge in [0.25, 0.3) is 11.8 Å². The number of anilines is 3. The zero-order valence-corrected chi connectivity index (χ0v) is 32.1. The molecule has 5 fully saturated rings. The summed E-state index contributed by atoms with van der Waals surface area (Å²) in [4.78, 5) is 65.6. The lowest BCUT2D eigenvalue weighted by molar-refractivity contribution is -0.136. The Morgan fingerprint density at radius 3 is 2.18 bits per heavy atom. The Morgan fingerprint density at radius 1 is 0.786 bits per heavy atom. The van der Waals surface area contributed by atoms with E-state index in [9.17, 15) is 19.2 Å². The molecule has 6 aliphatic heterocycles. The lowest BCUT2D eigenvalue weighted by atomic mass is 9.94. The van der Waals surface area contributed by atoms with Crippen LogP contribution in [0, 0.1) is 12.5 Å². The van der Waals surface area contributed by atoms with Crippen molar-refractivity contribution in [3.8, 4) is 5.75 Å². The Kier molecular flexibility index (Phi) is 9.84. The first-order chi connectivity index (χ1) is 27.2. The summed E-state index contributed by atoms with van der Waals surface area (Å²) in [6, 6.07) is 19.8. The molecule has 56 heavy (non-hydrogen) atoms. The molecule has 3 aromatic rings. The lowest BCUT2D eigenvalue weighted by Gasteiger charge is -2.41. The molecule has 3 aromatic carbocycles. The normalized spacial score (nSPS) is 25.7. The minimum atomic E-state index is -0.965. The molecule has 1 N–H and O–H groups in total. The van der Waals surface area contributed by atoms with Crippen molar-refractivity contribution in [2.45, 2.75) is 75.6 Å². The molecule has 290 valence electrons. The molecule has 5 saturated heterocycles. The topological polar surface area (TPSA) is 110 Å². The van der Waals surface area contributed by atoms with Gasteiger partial charge in [-0.05, 0) is 86.6 Å². The Morgan fingerprint density at radius 2 is 1.50 bits per heavy atom. The minimum Gasteiger partial charge on any atom is -0.490 e. The predicted molar refractivity (Wildman–Crippen MR) is 214 cm³/mol. The third-order valence-electron chi connectivity index (χ3n) is 12.8. The van der Waals surface area contributed by atoms with Gasteiger partial charge in [-0.1, -0.05) is 23.7 Å². The zero-order valence-electron chi connectivity index (χ0n) is 31.4. The Hall–Kier alpha value is -5.12. The molecule has 3 atom stereocenters. The average molecular weight is 776 g/mol. The smallest absolute Gasteiger partial charge is 0.264 e. The van der Waals surface area contributed by atoms with Crippen molar-refractivity contribution < 1.29 is 23.9 Å². The molecule has 6 heterocycles. The first kappa shape index (κ1) is 36.5. The third-order valence-corrected chi connectivity index (χ3v) is 13.1. The molecular weight excluding hydrogens is 730 g/mol. The molecule has 4 amide bonds. The number of fused-ring (bicyclic) bond motifs is 3. The van der Waals surface area contributed by atoms with Gasteiger partial charge >= 0.3 is 0 Å². The Labute approximate surface area is 332 Å². The number of imide groups is 2. The molecule has 3 unspecified atom stereocenters. The molecule has 0 aliphatic carbocycles. The summed E-state index contributed by atoms with van der Waals surface area (Å²) >= 11 is 6.26. The predicted octanol–water partition coefficient (Wildman–Crippen LogP) is 5.91. The second-order valence-corrected chi connectivity index (χ2v) is 16.5. The van der Waals surface area contributed by atoms with Gasteiger partial charge in [0.2, 0.25) is 17.5 Å². The van der Waals surface area contributed by atoms with Crippen molar-refractivity contribution in [3.05, 3.63) is 88.2 Å². The monoisotopic (exact) mass is 775 g/mol. The number of halogens is 1. The number of nitrogens with one attached hydrogen (secondary N) is 1. The van der Waals surface area contributed by atoms with Crippen molar-refractivity contribution in [1.29, 1.82) is 0 Å². The first-order valence-electron chi connectivity index (χ1n) is 20.0. The quantitative estimate of drug-likeness (QED) is 0.221. The van der Waals surface area contributed by atoms with E-state index in [1.54, 1.807) is 18.2 Å². The fourth-order valence-corrected chi connectivity index (χ4v) is 10.2. The summed E-state index contributed by atoms with van der Waals surface area (Å²) in [5.74, 6) is -0.588. The Bertz CT molecular complexity index is 2070. The van der Waals surface area contributed by atoms with Crippen LogP contribution in [0.25, 0.3) is 4.85 Å². The standard InChI is InChI=1S/C43H46ClN7O5/c1-45-36-12-11-32(25-35(36)44)56-33-23-30-9-10-31(24-33)50(30)29-7-5-28(6-8-29)48-21-19-47(20-22-48)26-27-15-17-49(18-16-27)37-4-2-3-34-40(37)43(55)51(42(34)54)38-13-14-39(52)46-41(38)53/h2-8,11-12,25,27,30-31,33,38H,9-10,13-24,26H2,(H,46,52,53). The van der Waals surface area contributed by atoms with E-state index in [0.717, 1.165) is 87.8 Å². The average Bonchev–Trinajstić information content (AvgIpc) is 3.63. The molecule has 0 aromatic heterocycles. The van der Waals surface area contributed by atoms with E-state index < -0.39 is 23.8 Å². The summed E-state index contributed by atoms with van der Waals surface area (Å²) in [6.07, 6.45) is 6.69. The highest BCUT2D eigenvalue weighted by atomic mass is 35.5. The number of rotatable bonds is 8. The maximum atomic E-state index is 13.6. The number of piperidine rings is 3. The van der Waals surface area contributed by atoms with E-state index in [1.165, 1.54) is 24.2 Å². The van der Waals surface area contributed by atoms with Crippen LogP contribution in [0.5, 0.6) is 5.75 Å². The zero-order chi connectivity index (χ0) is 38.5. The van der Waals surface area contributed by atoms with Crippen LogP contribution < -0.4 is 24.8 Å². The van der Waals surface area contributed by atoms with Crippen molar-refractivity contribution in [1.82, 2.24) is 15.1 Å². The fourth-order valence-electron chi connectivity index (χ4n) is 10.00. The number of amides is 4.